The molecule has 16 heavy (non-hydrogen) atoms. The molecule has 0 unspecified atom stereocenters. The maximum Gasteiger partial charge on any atom is 0.321 e. The third kappa shape index (κ3) is 2.26. The molecule has 0 aromatic carbocycles. The Hall–Kier alpha value is -1.72. The zero-order valence-electron chi connectivity index (χ0n) is 10.1. The molecule has 0 spiro atoms. The van der Waals surface area contributed by atoms with Crippen LogP contribution in [0.4, 0.5) is 11.5 Å². The van der Waals surface area contributed by atoms with Gasteiger partial charge >= 0.3 is 6.01 Å². The summed E-state index contributed by atoms with van der Waals surface area (Å²) in [5.41, 5.74) is 6.36. The summed E-state index contributed by atoms with van der Waals surface area (Å²) in [6.07, 6.45) is 0. The highest BCUT2D eigenvalue weighted by molar-refractivity contribution is 5.68. The third-order valence-electron chi connectivity index (χ3n) is 2.31. The number of hydrogen-bond donors (Lipinski definition) is 1. The van der Waals surface area contributed by atoms with E-state index in [2.05, 4.69) is 9.97 Å². The standard InChI is InChI=1S/C10H18N4O2/c1-5-14(6-2)8-7(11)9(15-3)13-10(12-8)16-4/h5-6,11H2,1-4H3. The van der Waals surface area contributed by atoms with E-state index < -0.39 is 0 Å². The molecular weight excluding hydrogens is 208 g/mol. The van der Waals surface area contributed by atoms with E-state index in [-0.39, 0.29) is 6.01 Å². The first-order chi connectivity index (χ1) is 7.67. The van der Waals surface area contributed by atoms with Crippen LogP contribution in [0.1, 0.15) is 13.8 Å². The fraction of sp³-hybridized carbons (Fsp3) is 0.600. The highest BCUT2D eigenvalue weighted by Crippen LogP contribution is 2.30. The molecule has 1 heterocycles. The minimum absolute atomic E-state index is 0.257. The molecule has 90 valence electrons. The Bertz CT molecular complexity index is 353. The summed E-state index contributed by atoms with van der Waals surface area (Å²) in [7, 11) is 3.03. The molecule has 0 saturated heterocycles. The van der Waals surface area contributed by atoms with E-state index in [0.29, 0.717) is 17.4 Å². The SMILES string of the molecule is CCN(CC)c1nc(OC)nc(OC)c1N. The number of ether oxygens (including phenoxy) is 2. The van der Waals surface area contributed by atoms with Gasteiger partial charge in [-0.05, 0) is 13.8 Å². The van der Waals surface area contributed by atoms with E-state index in [0.717, 1.165) is 13.1 Å². The van der Waals surface area contributed by atoms with Gasteiger partial charge in [0, 0.05) is 13.1 Å². The van der Waals surface area contributed by atoms with Crippen LogP contribution < -0.4 is 20.1 Å². The Labute approximate surface area is 95.4 Å². The second-order valence-electron chi connectivity index (χ2n) is 3.13. The molecule has 6 heteroatoms. The largest absolute Gasteiger partial charge is 0.479 e. The van der Waals surface area contributed by atoms with Crippen molar-refractivity contribution < 1.29 is 9.47 Å². The Kier molecular flexibility index (Phi) is 4.16. The van der Waals surface area contributed by atoms with Crippen molar-refractivity contribution >= 4 is 11.5 Å². The van der Waals surface area contributed by atoms with Crippen LogP contribution in [0.15, 0.2) is 0 Å². The van der Waals surface area contributed by atoms with Crippen LogP contribution >= 0.6 is 0 Å². The molecule has 0 aliphatic heterocycles. The molecule has 1 rings (SSSR count). The number of nitrogens with zero attached hydrogens (tertiary/aromatic N) is 3. The van der Waals surface area contributed by atoms with Crippen molar-refractivity contribution in [3.8, 4) is 11.9 Å². The number of hydrogen-bond acceptors (Lipinski definition) is 6. The minimum atomic E-state index is 0.257. The van der Waals surface area contributed by atoms with Gasteiger partial charge in [-0.2, -0.15) is 9.97 Å². The Balaban J connectivity index is 3.24. The Morgan fingerprint density at radius 2 is 1.75 bits per heavy atom. The number of anilines is 2. The predicted octanol–water partition coefficient (Wildman–Crippen LogP) is 0.922. The topological polar surface area (TPSA) is 73.5 Å². The zero-order chi connectivity index (χ0) is 12.1. The van der Waals surface area contributed by atoms with Gasteiger partial charge in [0.25, 0.3) is 0 Å². The first kappa shape index (κ1) is 12.4. The maximum absolute atomic E-state index is 5.92. The van der Waals surface area contributed by atoms with Gasteiger partial charge in [0.1, 0.15) is 5.69 Å². The fourth-order valence-electron chi connectivity index (χ4n) is 1.43. The van der Waals surface area contributed by atoms with Crippen molar-refractivity contribution in [3.05, 3.63) is 0 Å². The van der Waals surface area contributed by atoms with Crippen LogP contribution in [0.2, 0.25) is 0 Å². The molecule has 0 aliphatic rings. The van der Waals surface area contributed by atoms with Crippen molar-refractivity contribution in [3.63, 3.8) is 0 Å². The monoisotopic (exact) mass is 226 g/mol. The highest BCUT2D eigenvalue weighted by atomic mass is 16.5. The minimum Gasteiger partial charge on any atom is -0.479 e. The summed E-state index contributed by atoms with van der Waals surface area (Å²) >= 11 is 0. The lowest BCUT2D eigenvalue weighted by Crippen LogP contribution is -2.24. The number of nitrogen functional groups attached to an aromatic ring is 1. The molecule has 0 saturated carbocycles. The third-order valence-corrected chi connectivity index (χ3v) is 2.31. The maximum atomic E-state index is 5.92. The summed E-state index contributed by atoms with van der Waals surface area (Å²) in [6.45, 7) is 5.68. The summed E-state index contributed by atoms with van der Waals surface area (Å²) in [5.74, 6) is 0.988. The molecule has 0 fully saturated rings. The first-order valence-corrected chi connectivity index (χ1v) is 5.18. The van der Waals surface area contributed by atoms with E-state index in [9.17, 15) is 0 Å². The van der Waals surface area contributed by atoms with E-state index in [1.54, 1.807) is 0 Å². The molecule has 1 aromatic rings. The highest BCUT2D eigenvalue weighted by Gasteiger charge is 2.16. The first-order valence-electron chi connectivity index (χ1n) is 5.18. The van der Waals surface area contributed by atoms with Crippen LogP contribution in [0.25, 0.3) is 0 Å². The van der Waals surface area contributed by atoms with Gasteiger partial charge in [-0.1, -0.05) is 0 Å². The number of aromatic nitrogens is 2. The van der Waals surface area contributed by atoms with Crippen LogP contribution in [-0.4, -0.2) is 37.3 Å². The van der Waals surface area contributed by atoms with Gasteiger partial charge in [-0.15, -0.1) is 0 Å². The zero-order valence-corrected chi connectivity index (χ0v) is 10.1. The lowest BCUT2D eigenvalue weighted by atomic mass is 10.4. The smallest absolute Gasteiger partial charge is 0.321 e. The summed E-state index contributed by atoms with van der Waals surface area (Å²) in [6, 6.07) is 0.257. The average molecular weight is 226 g/mol. The molecule has 2 N–H and O–H groups in total. The second-order valence-corrected chi connectivity index (χ2v) is 3.13. The molecule has 0 amide bonds. The van der Waals surface area contributed by atoms with Crippen molar-refractivity contribution in [2.75, 3.05) is 37.9 Å². The van der Waals surface area contributed by atoms with Gasteiger partial charge in [0.05, 0.1) is 14.2 Å². The van der Waals surface area contributed by atoms with Gasteiger partial charge in [0.15, 0.2) is 5.82 Å². The summed E-state index contributed by atoms with van der Waals surface area (Å²) in [4.78, 5) is 10.3. The van der Waals surface area contributed by atoms with Gasteiger partial charge < -0.3 is 20.1 Å². The molecule has 6 nitrogen and oxygen atoms in total. The normalized spacial score (nSPS) is 10.0. The molecule has 0 aliphatic carbocycles. The summed E-state index contributed by atoms with van der Waals surface area (Å²) < 4.78 is 10.1. The lowest BCUT2D eigenvalue weighted by molar-refractivity contribution is 0.353. The molecular formula is C10H18N4O2. The molecule has 0 radical (unpaired) electrons. The Morgan fingerprint density at radius 1 is 1.12 bits per heavy atom. The number of methoxy groups -OCH3 is 2. The molecule has 0 atom stereocenters. The van der Waals surface area contributed by atoms with Gasteiger partial charge in [0.2, 0.25) is 5.88 Å². The van der Waals surface area contributed by atoms with Crippen molar-refractivity contribution in [1.82, 2.24) is 9.97 Å². The molecule has 0 bridgehead atoms. The van der Waals surface area contributed by atoms with Gasteiger partial charge in [-0.25, -0.2) is 0 Å². The van der Waals surface area contributed by atoms with E-state index in [1.807, 2.05) is 18.7 Å². The van der Waals surface area contributed by atoms with E-state index in [1.165, 1.54) is 14.2 Å². The second kappa shape index (κ2) is 5.39. The van der Waals surface area contributed by atoms with E-state index in [4.69, 9.17) is 15.2 Å². The molecule has 1 aromatic heterocycles. The summed E-state index contributed by atoms with van der Waals surface area (Å²) in [5, 5.41) is 0. The van der Waals surface area contributed by atoms with E-state index >= 15 is 0 Å². The van der Waals surface area contributed by atoms with Crippen molar-refractivity contribution in [2.45, 2.75) is 13.8 Å². The average Bonchev–Trinajstić information content (AvgIpc) is 2.32. The van der Waals surface area contributed by atoms with Crippen LogP contribution in [0, 0.1) is 0 Å². The van der Waals surface area contributed by atoms with Crippen LogP contribution in [0.5, 0.6) is 11.9 Å². The predicted molar refractivity (Wildman–Crippen MR) is 63.1 cm³/mol. The fourth-order valence-corrected chi connectivity index (χ4v) is 1.43. The van der Waals surface area contributed by atoms with Gasteiger partial charge in [-0.3, -0.25) is 0 Å². The lowest BCUT2D eigenvalue weighted by Gasteiger charge is -2.22. The van der Waals surface area contributed by atoms with Crippen molar-refractivity contribution in [1.29, 1.82) is 0 Å². The van der Waals surface area contributed by atoms with Crippen LogP contribution in [0.3, 0.4) is 0 Å². The number of rotatable bonds is 5. The quantitative estimate of drug-likeness (QED) is 0.805. The number of nitrogens with two attached hydrogens (primary N) is 1. The Morgan fingerprint density at radius 3 is 2.19 bits per heavy atom. The van der Waals surface area contributed by atoms with Crippen LogP contribution in [-0.2, 0) is 0 Å². The van der Waals surface area contributed by atoms with Crippen molar-refractivity contribution in [2.24, 2.45) is 0 Å².